The Morgan fingerprint density at radius 2 is 2.19 bits per heavy atom. The second-order valence-electron chi connectivity index (χ2n) is 3.97. The number of nitrogens with one attached hydrogen (secondary N) is 1. The monoisotopic (exact) mass is 212 g/mol. The van der Waals surface area contributed by atoms with E-state index in [0.29, 0.717) is 0 Å². The van der Waals surface area contributed by atoms with Crippen molar-refractivity contribution in [1.29, 1.82) is 0 Å². The molecule has 3 rings (SSSR count). The number of hydrogen-bond acceptors (Lipinski definition) is 2. The summed E-state index contributed by atoms with van der Waals surface area (Å²) in [5.41, 5.74) is 3.25. The number of H-pyrrole nitrogens is 1. The Bertz CT molecular complexity index is 648. The fraction of sp³-hybridized carbons (Fsp3) is 0.167. The molecule has 0 spiro atoms. The van der Waals surface area contributed by atoms with Gasteiger partial charge < -0.3 is 9.55 Å². The molecule has 4 nitrogen and oxygen atoms in total. The van der Waals surface area contributed by atoms with Crippen molar-refractivity contribution in [2.24, 2.45) is 7.05 Å². The Kier molecular flexibility index (Phi) is 1.83. The van der Waals surface area contributed by atoms with Crippen LogP contribution in [0.5, 0.6) is 0 Å². The topological polar surface area (TPSA) is 46.5 Å². The molecule has 16 heavy (non-hydrogen) atoms. The van der Waals surface area contributed by atoms with Crippen LogP contribution in [-0.4, -0.2) is 19.5 Å². The SMILES string of the molecule is Cc1ccc2nc(-c3nccn3C)[nH]c2c1. The zero-order valence-corrected chi connectivity index (χ0v) is 9.23. The smallest absolute Gasteiger partial charge is 0.175 e. The summed E-state index contributed by atoms with van der Waals surface area (Å²) in [7, 11) is 1.96. The van der Waals surface area contributed by atoms with Gasteiger partial charge in [0.25, 0.3) is 0 Å². The summed E-state index contributed by atoms with van der Waals surface area (Å²) in [5.74, 6) is 1.67. The van der Waals surface area contributed by atoms with Gasteiger partial charge in [-0.25, -0.2) is 9.97 Å². The van der Waals surface area contributed by atoms with Crippen molar-refractivity contribution < 1.29 is 0 Å². The molecule has 0 atom stereocenters. The van der Waals surface area contributed by atoms with Gasteiger partial charge >= 0.3 is 0 Å². The lowest BCUT2D eigenvalue weighted by molar-refractivity contribution is 0.913. The molecule has 2 aromatic heterocycles. The van der Waals surface area contributed by atoms with E-state index in [1.54, 1.807) is 6.20 Å². The fourth-order valence-corrected chi connectivity index (χ4v) is 1.82. The molecular weight excluding hydrogens is 200 g/mol. The van der Waals surface area contributed by atoms with E-state index >= 15 is 0 Å². The minimum absolute atomic E-state index is 0.813. The number of nitrogens with zero attached hydrogens (tertiary/aromatic N) is 3. The molecule has 0 fully saturated rings. The Hall–Kier alpha value is -2.10. The standard InChI is InChI=1S/C12H12N4/c1-8-3-4-9-10(7-8)15-11(14-9)12-13-5-6-16(12)2/h3-7H,1-2H3,(H,14,15). The average molecular weight is 212 g/mol. The molecule has 80 valence electrons. The third-order valence-electron chi connectivity index (χ3n) is 2.67. The van der Waals surface area contributed by atoms with Crippen LogP contribution in [0.2, 0.25) is 0 Å². The lowest BCUT2D eigenvalue weighted by Gasteiger charge is -1.95. The molecule has 4 heteroatoms. The van der Waals surface area contributed by atoms with Crippen LogP contribution < -0.4 is 0 Å². The Balaban J connectivity index is 2.23. The van der Waals surface area contributed by atoms with Crippen LogP contribution in [0.4, 0.5) is 0 Å². The van der Waals surface area contributed by atoms with Crippen molar-refractivity contribution in [3.63, 3.8) is 0 Å². The summed E-state index contributed by atoms with van der Waals surface area (Å²) in [4.78, 5) is 12.1. The van der Waals surface area contributed by atoms with Gasteiger partial charge in [0.05, 0.1) is 11.0 Å². The highest BCUT2D eigenvalue weighted by molar-refractivity contribution is 5.78. The molecule has 0 saturated heterocycles. The van der Waals surface area contributed by atoms with E-state index in [2.05, 4.69) is 34.0 Å². The molecule has 0 bridgehead atoms. The second-order valence-corrected chi connectivity index (χ2v) is 3.97. The summed E-state index contributed by atoms with van der Waals surface area (Å²) in [6, 6.07) is 6.17. The third-order valence-corrected chi connectivity index (χ3v) is 2.67. The van der Waals surface area contributed by atoms with Crippen LogP contribution in [-0.2, 0) is 7.05 Å². The van der Waals surface area contributed by atoms with E-state index in [-0.39, 0.29) is 0 Å². The number of imidazole rings is 2. The first-order valence-corrected chi connectivity index (χ1v) is 5.18. The first-order chi connectivity index (χ1) is 7.74. The molecular formula is C12H12N4. The van der Waals surface area contributed by atoms with Gasteiger partial charge in [-0.1, -0.05) is 6.07 Å². The van der Waals surface area contributed by atoms with Gasteiger partial charge in [0.1, 0.15) is 0 Å². The number of fused-ring (bicyclic) bond motifs is 1. The molecule has 0 aliphatic heterocycles. The summed E-state index contributed by atoms with van der Waals surface area (Å²) < 4.78 is 1.95. The number of hydrogen-bond donors (Lipinski definition) is 1. The van der Waals surface area contributed by atoms with Gasteiger partial charge in [0, 0.05) is 19.4 Å². The van der Waals surface area contributed by atoms with Crippen LogP contribution in [0.3, 0.4) is 0 Å². The number of aromatic nitrogens is 4. The number of aromatic amines is 1. The lowest BCUT2D eigenvalue weighted by atomic mass is 10.2. The zero-order valence-electron chi connectivity index (χ0n) is 9.23. The highest BCUT2D eigenvalue weighted by Gasteiger charge is 2.08. The van der Waals surface area contributed by atoms with Crippen molar-refractivity contribution in [3.8, 4) is 11.6 Å². The van der Waals surface area contributed by atoms with Gasteiger partial charge in [-0.3, -0.25) is 0 Å². The first-order valence-electron chi connectivity index (χ1n) is 5.18. The van der Waals surface area contributed by atoms with E-state index in [1.165, 1.54) is 5.56 Å². The Labute approximate surface area is 93.0 Å². The molecule has 0 unspecified atom stereocenters. The Morgan fingerprint density at radius 1 is 1.31 bits per heavy atom. The van der Waals surface area contributed by atoms with E-state index in [4.69, 9.17) is 0 Å². The van der Waals surface area contributed by atoms with E-state index in [9.17, 15) is 0 Å². The summed E-state index contributed by atoms with van der Waals surface area (Å²) in [6.07, 6.45) is 3.68. The van der Waals surface area contributed by atoms with Gasteiger partial charge in [-0.05, 0) is 24.6 Å². The van der Waals surface area contributed by atoms with Crippen molar-refractivity contribution in [1.82, 2.24) is 19.5 Å². The maximum Gasteiger partial charge on any atom is 0.175 e. The van der Waals surface area contributed by atoms with Crippen molar-refractivity contribution in [2.75, 3.05) is 0 Å². The minimum atomic E-state index is 0.813. The quantitative estimate of drug-likeness (QED) is 0.672. The van der Waals surface area contributed by atoms with E-state index < -0.39 is 0 Å². The maximum atomic E-state index is 4.52. The molecule has 0 radical (unpaired) electrons. The highest BCUT2D eigenvalue weighted by atomic mass is 15.1. The molecule has 0 aliphatic carbocycles. The fourth-order valence-electron chi connectivity index (χ4n) is 1.82. The van der Waals surface area contributed by atoms with Gasteiger partial charge in [-0.15, -0.1) is 0 Å². The molecule has 1 aromatic carbocycles. The molecule has 2 heterocycles. The normalized spacial score (nSPS) is 11.1. The van der Waals surface area contributed by atoms with Crippen molar-refractivity contribution >= 4 is 11.0 Å². The maximum absolute atomic E-state index is 4.52. The summed E-state index contributed by atoms with van der Waals surface area (Å²) >= 11 is 0. The van der Waals surface area contributed by atoms with Gasteiger partial charge in [0.15, 0.2) is 11.6 Å². The lowest BCUT2D eigenvalue weighted by Crippen LogP contribution is -1.92. The van der Waals surface area contributed by atoms with Crippen molar-refractivity contribution in [3.05, 3.63) is 36.2 Å². The highest BCUT2D eigenvalue weighted by Crippen LogP contribution is 2.19. The number of benzene rings is 1. The number of rotatable bonds is 1. The molecule has 1 N–H and O–H groups in total. The van der Waals surface area contributed by atoms with Crippen LogP contribution in [0.25, 0.3) is 22.7 Å². The van der Waals surface area contributed by atoms with Crippen LogP contribution in [0.15, 0.2) is 30.6 Å². The molecule has 0 amide bonds. The zero-order chi connectivity index (χ0) is 11.1. The Morgan fingerprint density at radius 3 is 2.94 bits per heavy atom. The molecule has 3 aromatic rings. The minimum Gasteiger partial charge on any atom is -0.335 e. The molecule has 0 saturated carbocycles. The van der Waals surface area contributed by atoms with Gasteiger partial charge in [-0.2, -0.15) is 0 Å². The van der Waals surface area contributed by atoms with Crippen LogP contribution >= 0.6 is 0 Å². The first kappa shape index (κ1) is 9.15. The summed E-state index contributed by atoms with van der Waals surface area (Å²) in [5, 5.41) is 0. The average Bonchev–Trinajstić information content (AvgIpc) is 2.82. The van der Waals surface area contributed by atoms with E-state index in [1.807, 2.05) is 23.9 Å². The number of aryl methyl sites for hydroxylation is 2. The van der Waals surface area contributed by atoms with Gasteiger partial charge in [0.2, 0.25) is 0 Å². The summed E-state index contributed by atoms with van der Waals surface area (Å²) in [6.45, 7) is 2.07. The predicted molar refractivity (Wildman–Crippen MR) is 63.0 cm³/mol. The predicted octanol–water partition coefficient (Wildman–Crippen LogP) is 2.27. The van der Waals surface area contributed by atoms with Crippen LogP contribution in [0, 0.1) is 6.92 Å². The second kappa shape index (κ2) is 3.20. The van der Waals surface area contributed by atoms with Crippen LogP contribution in [0.1, 0.15) is 5.56 Å². The van der Waals surface area contributed by atoms with Crippen molar-refractivity contribution in [2.45, 2.75) is 6.92 Å². The molecule has 0 aliphatic rings. The third kappa shape index (κ3) is 1.31. The van der Waals surface area contributed by atoms with E-state index in [0.717, 1.165) is 22.7 Å². The largest absolute Gasteiger partial charge is 0.335 e.